The summed E-state index contributed by atoms with van der Waals surface area (Å²) in [4.78, 5) is 4.31. The fourth-order valence-electron chi connectivity index (χ4n) is 3.21. The average molecular weight is 380 g/mol. The van der Waals surface area contributed by atoms with E-state index in [9.17, 15) is 0 Å². The van der Waals surface area contributed by atoms with Gasteiger partial charge in [-0.25, -0.2) is 0 Å². The summed E-state index contributed by atoms with van der Waals surface area (Å²) in [6.45, 7) is 6.83. The summed E-state index contributed by atoms with van der Waals surface area (Å²) >= 11 is 0. The van der Waals surface area contributed by atoms with E-state index in [1.54, 1.807) is 7.05 Å². The molecule has 2 aromatic heterocycles. The lowest BCUT2D eigenvalue weighted by Crippen LogP contribution is -2.42. The topological polar surface area (TPSA) is 80.3 Å². The third kappa shape index (κ3) is 4.60. The number of aryl methyl sites for hydroxylation is 2. The van der Waals surface area contributed by atoms with Gasteiger partial charge in [0.1, 0.15) is 5.69 Å². The summed E-state index contributed by atoms with van der Waals surface area (Å²) in [7, 11) is 3.74. The van der Waals surface area contributed by atoms with Crippen molar-refractivity contribution in [2.75, 3.05) is 7.05 Å². The number of aliphatic imine (C=N–C) groups is 1. The van der Waals surface area contributed by atoms with Gasteiger partial charge in [-0.2, -0.15) is 5.10 Å². The van der Waals surface area contributed by atoms with Gasteiger partial charge in [-0.3, -0.25) is 9.67 Å². The number of aromatic nitrogens is 3. The van der Waals surface area contributed by atoms with E-state index in [0.29, 0.717) is 6.54 Å². The molecule has 1 atom stereocenters. The van der Waals surface area contributed by atoms with Gasteiger partial charge in [0.05, 0.1) is 12.2 Å². The Kier molecular flexibility index (Phi) is 6.13. The molecule has 0 radical (unpaired) electrons. The van der Waals surface area contributed by atoms with E-state index >= 15 is 0 Å². The van der Waals surface area contributed by atoms with Crippen LogP contribution in [0, 0.1) is 13.8 Å². The molecule has 0 aliphatic heterocycles. The van der Waals surface area contributed by atoms with E-state index in [1.807, 2.05) is 48.1 Å². The molecule has 7 heteroatoms. The van der Waals surface area contributed by atoms with Gasteiger partial charge < -0.3 is 15.2 Å². The Morgan fingerprint density at radius 3 is 2.64 bits per heavy atom. The second-order valence-electron chi connectivity index (χ2n) is 7.00. The summed E-state index contributed by atoms with van der Waals surface area (Å²) in [6.07, 6.45) is 0.883. The Balaban J connectivity index is 1.55. The Morgan fingerprint density at radius 2 is 2.00 bits per heavy atom. The molecule has 3 rings (SSSR count). The van der Waals surface area contributed by atoms with Crippen LogP contribution in [0.5, 0.6) is 0 Å². The third-order valence-electron chi connectivity index (χ3n) is 4.83. The van der Waals surface area contributed by atoms with Crippen LogP contribution in [0.4, 0.5) is 0 Å². The molecule has 0 saturated carbocycles. The molecule has 2 N–H and O–H groups in total. The molecule has 0 bridgehead atoms. The van der Waals surface area contributed by atoms with Gasteiger partial charge in [0.2, 0.25) is 0 Å². The van der Waals surface area contributed by atoms with E-state index in [-0.39, 0.29) is 6.04 Å². The molecule has 2 heterocycles. The van der Waals surface area contributed by atoms with Gasteiger partial charge in [0.25, 0.3) is 0 Å². The number of hydrogen-bond acceptors (Lipinski definition) is 4. The number of nitrogens with zero attached hydrogens (tertiary/aromatic N) is 4. The second-order valence-corrected chi connectivity index (χ2v) is 7.00. The standard InChI is InChI=1S/C21H28N6O/c1-14(11-19-15(2)25-27(5)16(19)3)24-21(22-4)23-13-18-12-20(28-26-18)17-9-7-6-8-10-17/h6-10,12,14H,11,13H2,1-5H3,(H2,22,23,24). The first-order valence-corrected chi connectivity index (χ1v) is 9.45. The molecule has 28 heavy (non-hydrogen) atoms. The van der Waals surface area contributed by atoms with Crippen LogP contribution in [-0.2, 0) is 20.0 Å². The highest BCUT2D eigenvalue weighted by Crippen LogP contribution is 2.19. The molecule has 0 saturated heterocycles. The van der Waals surface area contributed by atoms with Crippen molar-refractivity contribution in [2.24, 2.45) is 12.0 Å². The first-order chi connectivity index (χ1) is 13.5. The fourth-order valence-corrected chi connectivity index (χ4v) is 3.21. The first kappa shape index (κ1) is 19.7. The van der Waals surface area contributed by atoms with Crippen LogP contribution in [0.25, 0.3) is 11.3 Å². The van der Waals surface area contributed by atoms with Crippen LogP contribution in [0.2, 0.25) is 0 Å². The summed E-state index contributed by atoms with van der Waals surface area (Å²) in [6, 6.07) is 12.1. The van der Waals surface area contributed by atoms with Gasteiger partial charge in [-0.15, -0.1) is 0 Å². The van der Waals surface area contributed by atoms with Crippen molar-refractivity contribution >= 4 is 5.96 Å². The summed E-state index contributed by atoms with van der Waals surface area (Å²) in [5.74, 6) is 1.49. The Hall–Kier alpha value is -3.09. The van der Waals surface area contributed by atoms with Crippen molar-refractivity contribution in [3.8, 4) is 11.3 Å². The molecule has 0 aliphatic carbocycles. The molecule has 7 nitrogen and oxygen atoms in total. The number of nitrogens with one attached hydrogen (secondary N) is 2. The van der Waals surface area contributed by atoms with Crippen molar-refractivity contribution < 1.29 is 4.52 Å². The molecular weight excluding hydrogens is 352 g/mol. The normalized spacial score (nSPS) is 12.8. The minimum Gasteiger partial charge on any atom is -0.356 e. The summed E-state index contributed by atoms with van der Waals surface area (Å²) < 4.78 is 7.38. The Bertz CT molecular complexity index is 941. The largest absolute Gasteiger partial charge is 0.356 e. The number of guanidine groups is 1. The smallest absolute Gasteiger partial charge is 0.191 e. The Morgan fingerprint density at radius 1 is 1.25 bits per heavy atom. The second kappa shape index (κ2) is 8.73. The van der Waals surface area contributed by atoms with Gasteiger partial charge in [0, 0.05) is 37.5 Å². The maximum absolute atomic E-state index is 5.45. The van der Waals surface area contributed by atoms with Crippen LogP contribution >= 0.6 is 0 Å². The fraction of sp³-hybridized carbons (Fsp3) is 0.381. The average Bonchev–Trinajstić information content (AvgIpc) is 3.26. The van der Waals surface area contributed by atoms with Crippen LogP contribution in [0.15, 0.2) is 45.9 Å². The highest BCUT2D eigenvalue weighted by atomic mass is 16.5. The zero-order valence-electron chi connectivity index (χ0n) is 17.2. The van der Waals surface area contributed by atoms with Crippen molar-refractivity contribution in [1.29, 1.82) is 0 Å². The van der Waals surface area contributed by atoms with Gasteiger partial charge in [0.15, 0.2) is 11.7 Å². The van der Waals surface area contributed by atoms with E-state index in [2.05, 4.69) is 46.7 Å². The molecule has 148 valence electrons. The van der Waals surface area contributed by atoms with Crippen LogP contribution in [-0.4, -0.2) is 34.0 Å². The SMILES string of the molecule is CN=C(NCc1cc(-c2ccccc2)on1)NC(C)Cc1c(C)nn(C)c1C. The number of benzene rings is 1. The van der Waals surface area contributed by atoms with Gasteiger partial charge in [-0.05, 0) is 32.8 Å². The zero-order valence-corrected chi connectivity index (χ0v) is 17.2. The maximum Gasteiger partial charge on any atom is 0.191 e. The highest BCUT2D eigenvalue weighted by molar-refractivity contribution is 5.79. The molecule has 0 aliphatic rings. The van der Waals surface area contributed by atoms with E-state index < -0.39 is 0 Å². The molecule has 3 aromatic rings. The van der Waals surface area contributed by atoms with Crippen LogP contribution < -0.4 is 10.6 Å². The highest BCUT2D eigenvalue weighted by Gasteiger charge is 2.14. The Labute approximate surface area is 165 Å². The minimum atomic E-state index is 0.213. The molecular formula is C21H28N6O. The van der Waals surface area contributed by atoms with Crippen LogP contribution in [0.3, 0.4) is 0 Å². The van der Waals surface area contributed by atoms with Crippen molar-refractivity contribution in [1.82, 2.24) is 25.6 Å². The maximum atomic E-state index is 5.45. The number of rotatable bonds is 6. The first-order valence-electron chi connectivity index (χ1n) is 9.45. The van der Waals surface area contributed by atoms with Crippen molar-refractivity contribution in [3.63, 3.8) is 0 Å². The third-order valence-corrected chi connectivity index (χ3v) is 4.83. The van der Waals surface area contributed by atoms with Gasteiger partial charge >= 0.3 is 0 Å². The predicted octanol–water partition coefficient (Wildman–Crippen LogP) is 2.99. The lowest BCUT2D eigenvalue weighted by atomic mass is 10.1. The van der Waals surface area contributed by atoms with Crippen molar-refractivity contribution in [3.05, 3.63) is 59.0 Å². The van der Waals surface area contributed by atoms with Crippen LogP contribution in [0.1, 0.15) is 29.6 Å². The van der Waals surface area contributed by atoms with E-state index in [0.717, 1.165) is 35.1 Å². The number of hydrogen-bond donors (Lipinski definition) is 2. The van der Waals surface area contributed by atoms with Gasteiger partial charge in [-0.1, -0.05) is 35.5 Å². The molecule has 1 aromatic carbocycles. The minimum absolute atomic E-state index is 0.213. The van der Waals surface area contributed by atoms with Crippen molar-refractivity contribution in [2.45, 2.75) is 39.8 Å². The quantitative estimate of drug-likeness (QED) is 0.508. The van der Waals surface area contributed by atoms with E-state index in [1.165, 1.54) is 11.3 Å². The summed E-state index contributed by atoms with van der Waals surface area (Å²) in [5, 5.41) is 15.4. The summed E-state index contributed by atoms with van der Waals surface area (Å²) in [5.41, 5.74) is 5.40. The molecule has 1 unspecified atom stereocenters. The lowest BCUT2D eigenvalue weighted by Gasteiger charge is -2.17. The lowest BCUT2D eigenvalue weighted by molar-refractivity contribution is 0.422. The molecule has 0 fully saturated rings. The predicted molar refractivity (Wildman–Crippen MR) is 111 cm³/mol. The zero-order chi connectivity index (χ0) is 20.1. The molecule has 0 spiro atoms. The van der Waals surface area contributed by atoms with E-state index in [4.69, 9.17) is 4.52 Å². The monoisotopic (exact) mass is 380 g/mol. The molecule has 0 amide bonds.